The molecule has 3 aromatic rings. The number of hydrogen-bond donors (Lipinski definition) is 1. The minimum absolute atomic E-state index is 0.0198. The van der Waals surface area contributed by atoms with Crippen LogP contribution in [-0.4, -0.2) is 53.0 Å². The van der Waals surface area contributed by atoms with Crippen LogP contribution in [0.2, 0.25) is 0 Å². The Morgan fingerprint density at radius 1 is 1.27 bits per heavy atom. The number of nitrogens with one attached hydrogen (secondary N) is 1. The van der Waals surface area contributed by atoms with Crippen molar-refractivity contribution < 1.29 is 13.9 Å². The van der Waals surface area contributed by atoms with Gasteiger partial charge in [0, 0.05) is 32.0 Å². The van der Waals surface area contributed by atoms with Crippen molar-refractivity contribution in [3.63, 3.8) is 0 Å². The zero-order valence-electron chi connectivity index (χ0n) is 14.7. The van der Waals surface area contributed by atoms with Crippen LogP contribution >= 0.6 is 0 Å². The van der Waals surface area contributed by atoms with Crippen LogP contribution in [0.25, 0.3) is 5.65 Å². The topological polar surface area (TPSA) is 72.0 Å². The Balaban J connectivity index is 1.49. The van der Waals surface area contributed by atoms with E-state index in [9.17, 15) is 4.79 Å². The van der Waals surface area contributed by atoms with Crippen LogP contribution in [0.4, 0.5) is 0 Å². The molecule has 0 aliphatic carbocycles. The van der Waals surface area contributed by atoms with Gasteiger partial charge in [-0.1, -0.05) is 6.07 Å². The molecule has 7 nitrogen and oxygen atoms in total. The third-order valence-corrected chi connectivity index (χ3v) is 4.63. The molecule has 0 saturated carbocycles. The van der Waals surface area contributed by atoms with Crippen LogP contribution in [0.1, 0.15) is 28.1 Å². The van der Waals surface area contributed by atoms with Gasteiger partial charge >= 0.3 is 0 Å². The molecule has 0 spiro atoms. The number of morpholine rings is 1. The summed E-state index contributed by atoms with van der Waals surface area (Å²) in [5.41, 5.74) is 1.16. The molecule has 1 N–H and O–H groups in total. The Labute approximate surface area is 151 Å². The van der Waals surface area contributed by atoms with Gasteiger partial charge < -0.3 is 18.9 Å². The van der Waals surface area contributed by atoms with Crippen molar-refractivity contribution in [2.75, 3.05) is 32.8 Å². The first-order valence-electron chi connectivity index (χ1n) is 8.81. The Bertz CT molecular complexity index is 862. The molecule has 0 bridgehead atoms. The molecule has 1 saturated heterocycles. The summed E-state index contributed by atoms with van der Waals surface area (Å²) in [6.45, 7) is 5.39. The fourth-order valence-electron chi connectivity index (χ4n) is 3.26. The van der Waals surface area contributed by atoms with Gasteiger partial charge in [0.15, 0.2) is 0 Å². The van der Waals surface area contributed by atoms with Gasteiger partial charge in [0.05, 0.1) is 19.3 Å². The number of carbonyl (C=O) groups excluding carboxylic acids is 1. The maximum absolute atomic E-state index is 12.6. The van der Waals surface area contributed by atoms with Crippen LogP contribution in [0.5, 0.6) is 0 Å². The van der Waals surface area contributed by atoms with Crippen LogP contribution in [0.15, 0.2) is 47.1 Å². The van der Waals surface area contributed by atoms with Crippen LogP contribution in [0.3, 0.4) is 0 Å². The van der Waals surface area contributed by atoms with E-state index in [1.165, 1.54) is 0 Å². The minimum Gasteiger partial charge on any atom is -0.465 e. The Hall–Kier alpha value is -2.64. The van der Waals surface area contributed by atoms with Crippen molar-refractivity contribution in [3.8, 4) is 0 Å². The normalized spacial score (nSPS) is 16.7. The third-order valence-electron chi connectivity index (χ3n) is 4.63. The Morgan fingerprint density at radius 3 is 2.85 bits per heavy atom. The summed E-state index contributed by atoms with van der Waals surface area (Å²) in [7, 11) is 0. The van der Waals surface area contributed by atoms with Gasteiger partial charge in [-0.05, 0) is 31.2 Å². The second kappa shape index (κ2) is 7.31. The van der Waals surface area contributed by atoms with Crippen molar-refractivity contribution in [2.45, 2.75) is 13.0 Å². The largest absolute Gasteiger partial charge is 0.465 e. The highest BCUT2D eigenvalue weighted by molar-refractivity contribution is 5.92. The summed E-state index contributed by atoms with van der Waals surface area (Å²) in [5, 5.41) is 3.01. The monoisotopic (exact) mass is 354 g/mol. The van der Waals surface area contributed by atoms with Crippen molar-refractivity contribution in [3.05, 3.63) is 59.9 Å². The summed E-state index contributed by atoms with van der Waals surface area (Å²) in [4.78, 5) is 19.2. The number of aryl methyl sites for hydroxylation is 1. The first-order valence-corrected chi connectivity index (χ1v) is 8.81. The number of carbonyl (C=O) groups is 1. The van der Waals surface area contributed by atoms with Crippen LogP contribution in [-0.2, 0) is 4.74 Å². The van der Waals surface area contributed by atoms with Crippen molar-refractivity contribution in [2.24, 2.45) is 0 Å². The number of ether oxygens (including phenoxy) is 1. The lowest BCUT2D eigenvalue weighted by atomic mass is 10.1. The molecule has 4 heterocycles. The smallest absolute Gasteiger partial charge is 0.271 e. The number of hydrogen-bond acceptors (Lipinski definition) is 5. The maximum atomic E-state index is 12.6. The second-order valence-corrected chi connectivity index (χ2v) is 6.41. The van der Waals surface area contributed by atoms with E-state index in [0.29, 0.717) is 25.5 Å². The highest BCUT2D eigenvalue weighted by Crippen LogP contribution is 2.23. The van der Waals surface area contributed by atoms with E-state index >= 15 is 0 Å². The minimum atomic E-state index is -0.185. The number of fused-ring (bicyclic) bond motifs is 1. The van der Waals surface area contributed by atoms with Gasteiger partial charge in [0.25, 0.3) is 5.91 Å². The van der Waals surface area contributed by atoms with E-state index in [-0.39, 0.29) is 11.9 Å². The standard InChI is InChI=1S/C19H22N4O3/c1-14-5-6-17(26-14)16(22-8-10-25-11-9-22)12-20-19(24)15-13-23-7-3-2-4-18(23)21-15/h2-7,13,16H,8-12H2,1H3,(H,20,24). The van der Waals surface area contributed by atoms with Crippen LogP contribution < -0.4 is 5.32 Å². The van der Waals surface area contributed by atoms with Gasteiger partial charge in [-0.2, -0.15) is 0 Å². The van der Waals surface area contributed by atoms with Crippen molar-refractivity contribution in [1.82, 2.24) is 19.6 Å². The lowest BCUT2D eigenvalue weighted by molar-refractivity contribution is 0.0117. The molecular weight excluding hydrogens is 332 g/mol. The van der Waals surface area contributed by atoms with Crippen molar-refractivity contribution >= 4 is 11.6 Å². The summed E-state index contributed by atoms with van der Waals surface area (Å²) in [6.07, 6.45) is 3.62. The molecule has 1 atom stereocenters. The number of imidazole rings is 1. The van der Waals surface area contributed by atoms with Gasteiger partial charge in [-0.25, -0.2) is 4.98 Å². The lowest BCUT2D eigenvalue weighted by Crippen LogP contribution is -2.43. The molecule has 26 heavy (non-hydrogen) atoms. The fraction of sp³-hybridized carbons (Fsp3) is 0.368. The molecule has 1 aliphatic heterocycles. The number of nitrogens with zero attached hydrogens (tertiary/aromatic N) is 3. The lowest BCUT2D eigenvalue weighted by Gasteiger charge is -2.33. The third kappa shape index (κ3) is 3.49. The summed E-state index contributed by atoms with van der Waals surface area (Å²) >= 11 is 0. The number of amides is 1. The molecule has 1 amide bonds. The molecule has 0 aromatic carbocycles. The molecule has 1 fully saturated rings. The molecule has 3 aromatic heterocycles. The fourth-order valence-corrected chi connectivity index (χ4v) is 3.26. The number of rotatable bonds is 5. The quantitative estimate of drug-likeness (QED) is 0.759. The van der Waals surface area contributed by atoms with Gasteiger partial charge in [-0.15, -0.1) is 0 Å². The first-order chi connectivity index (χ1) is 12.7. The summed E-state index contributed by atoms with van der Waals surface area (Å²) in [6, 6.07) is 9.59. The Kier molecular flexibility index (Phi) is 4.73. The zero-order chi connectivity index (χ0) is 17.9. The highest BCUT2D eigenvalue weighted by atomic mass is 16.5. The van der Waals surface area contributed by atoms with Crippen molar-refractivity contribution in [1.29, 1.82) is 0 Å². The predicted octanol–water partition coefficient (Wildman–Crippen LogP) is 2.04. The van der Waals surface area contributed by atoms with E-state index in [4.69, 9.17) is 9.15 Å². The van der Waals surface area contributed by atoms with Gasteiger partial charge in [0.2, 0.25) is 0 Å². The molecule has 7 heteroatoms. The van der Waals surface area contributed by atoms with E-state index < -0.39 is 0 Å². The van der Waals surface area contributed by atoms with E-state index in [2.05, 4.69) is 15.2 Å². The molecule has 4 rings (SSSR count). The SMILES string of the molecule is Cc1ccc(C(CNC(=O)c2cn3ccccc3n2)N2CCOCC2)o1. The predicted molar refractivity (Wildman–Crippen MR) is 96.1 cm³/mol. The van der Waals surface area contributed by atoms with Crippen LogP contribution in [0, 0.1) is 6.92 Å². The van der Waals surface area contributed by atoms with E-state index in [1.54, 1.807) is 6.20 Å². The molecule has 1 aliphatic rings. The average Bonchev–Trinajstić information content (AvgIpc) is 3.29. The second-order valence-electron chi connectivity index (χ2n) is 6.41. The summed E-state index contributed by atoms with van der Waals surface area (Å²) < 4.78 is 13.1. The number of pyridine rings is 1. The summed E-state index contributed by atoms with van der Waals surface area (Å²) in [5.74, 6) is 1.54. The maximum Gasteiger partial charge on any atom is 0.271 e. The van der Waals surface area contributed by atoms with E-state index in [1.807, 2.05) is 47.9 Å². The first kappa shape index (κ1) is 16.8. The molecule has 136 valence electrons. The average molecular weight is 354 g/mol. The molecule has 1 unspecified atom stereocenters. The number of aromatic nitrogens is 2. The van der Waals surface area contributed by atoms with E-state index in [0.717, 1.165) is 30.3 Å². The molecular formula is C19H22N4O3. The highest BCUT2D eigenvalue weighted by Gasteiger charge is 2.26. The Morgan fingerprint density at radius 2 is 2.12 bits per heavy atom. The van der Waals surface area contributed by atoms with Gasteiger partial charge in [-0.3, -0.25) is 9.69 Å². The van der Waals surface area contributed by atoms with Gasteiger partial charge in [0.1, 0.15) is 22.9 Å². The number of furan rings is 1. The molecule has 0 radical (unpaired) electrons. The zero-order valence-corrected chi connectivity index (χ0v) is 14.7.